The average molecular weight is 267 g/mol. The van der Waals surface area contributed by atoms with E-state index in [-0.39, 0.29) is 0 Å². The lowest BCUT2D eigenvalue weighted by atomic mass is 10.2. The molecule has 0 radical (unpaired) electrons. The second-order valence-corrected chi connectivity index (χ2v) is 9.75. The van der Waals surface area contributed by atoms with Crippen LogP contribution >= 0.6 is 47.0 Å². The van der Waals surface area contributed by atoms with E-state index in [4.69, 9.17) is 0 Å². The Morgan fingerprint density at radius 1 is 1.36 bits per heavy atom. The van der Waals surface area contributed by atoms with Crippen LogP contribution in [-0.2, 0) is 0 Å². The van der Waals surface area contributed by atoms with E-state index < -0.39 is 0 Å². The summed E-state index contributed by atoms with van der Waals surface area (Å²) in [4.78, 5) is 0. The molecular formula is C10H18S4. The smallest absolute Gasteiger partial charge is 0.0313 e. The van der Waals surface area contributed by atoms with E-state index in [1.807, 2.05) is 0 Å². The molecule has 2 aliphatic rings. The van der Waals surface area contributed by atoms with Gasteiger partial charge in [-0.1, -0.05) is 6.92 Å². The van der Waals surface area contributed by atoms with Gasteiger partial charge < -0.3 is 0 Å². The van der Waals surface area contributed by atoms with Gasteiger partial charge in [0.25, 0.3) is 0 Å². The highest BCUT2D eigenvalue weighted by molar-refractivity contribution is 8.10. The Labute approximate surface area is 105 Å². The van der Waals surface area contributed by atoms with Crippen molar-refractivity contribution in [3.8, 4) is 0 Å². The third-order valence-electron chi connectivity index (χ3n) is 2.45. The lowest BCUT2D eigenvalue weighted by Crippen LogP contribution is -2.33. The fraction of sp³-hybridized carbons (Fsp3) is 1.00. The fourth-order valence-corrected chi connectivity index (χ4v) is 6.71. The van der Waals surface area contributed by atoms with Crippen LogP contribution in [0.15, 0.2) is 0 Å². The summed E-state index contributed by atoms with van der Waals surface area (Å²) < 4.78 is 0.557. The predicted octanol–water partition coefficient (Wildman–Crippen LogP) is 3.46. The molecule has 0 aromatic heterocycles. The van der Waals surface area contributed by atoms with Gasteiger partial charge in [0.05, 0.1) is 0 Å². The molecule has 0 amide bonds. The molecule has 3 unspecified atom stereocenters. The first-order valence-corrected chi connectivity index (χ1v) is 9.37. The van der Waals surface area contributed by atoms with Gasteiger partial charge in [0.15, 0.2) is 0 Å². The molecule has 2 heterocycles. The SMILES string of the molecule is CC1CSC(C)(CSCC2CS2)CS1. The normalized spacial score (nSPS) is 42.4. The summed E-state index contributed by atoms with van der Waals surface area (Å²) in [5.74, 6) is 6.86. The van der Waals surface area contributed by atoms with E-state index >= 15 is 0 Å². The zero-order valence-corrected chi connectivity index (χ0v) is 12.1. The molecule has 0 N–H and O–H groups in total. The molecule has 14 heavy (non-hydrogen) atoms. The van der Waals surface area contributed by atoms with Gasteiger partial charge in [0.1, 0.15) is 0 Å². The number of thioether (sulfide) groups is 4. The van der Waals surface area contributed by atoms with Crippen LogP contribution in [0.2, 0.25) is 0 Å². The van der Waals surface area contributed by atoms with E-state index in [0.29, 0.717) is 4.75 Å². The maximum absolute atomic E-state index is 2.45. The molecule has 0 aromatic carbocycles. The number of hydrogen-bond acceptors (Lipinski definition) is 4. The first-order chi connectivity index (χ1) is 6.68. The van der Waals surface area contributed by atoms with Gasteiger partial charge in [-0.2, -0.15) is 47.0 Å². The van der Waals surface area contributed by atoms with Gasteiger partial charge >= 0.3 is 0 Å². The predicted molar refractivity (Wildman–Crippen MR) is 76.4 cm³/mol. The van der Waals surface area contributed by atoms with Crippen molar-refractivity contribution in [2.45, 2.75) is 29.1 Å². The average Bonchev–Trinajstić information content (AvgIpc) is 2.95. The maximum atomic E-state index is 2.45. The molecule has 2 fully saturated rings. The van der Waals surface area contributed by atoms with E-state index in [2.05, 4.69) is 60.9 Å². The molecule has 2 aliphatic heterocycles. The minimum absolute atomic E-state index is 0.557. The van der Waals surface area contributed by atoms with E-state index in [1.54, 1.807) is 0 Å². The molecule has 0 spiro atoms. The quantitative estimate of drug-likeness (QED) is 0.714. The van der Waals surface area contributed by atoms with Crippen LogP contribution in [-0.4, -0.2) is 44.0 Å². The van der Waals surface area contributed by atoms with Crippen molar-refractivity contribution in [3.63, 3.8) is 0 Å². The molecule has 2 rings (SSSR count). The molecule has 0 bridgehead atoms. The van der Waals surface area contributed by atoms with Gasteiger partial charge in [-0.05, 0) is 6.92 Å². The van der Waals surface area contributed by atoms with Crippen molar-refractivity contribution < 1.29 is 0 Å². The summed E-state index contributed by atoms with van der Waals surface area (Å²) in [5.41, 5.74) is 0. The van der Waals surface area contributed by atoms with Crippen LogP contribution in [0.3, 0.4) is 0 Å². The summed E-state index contributed by atoms with van der Waals surface area (Å²) in [7, 11) is 0. The Balaban J connectivity index is 1.66. The minimum atomic E-state index is 0.557. The van der Waals surface area contributed by atoms with Gasteiger partial charge in [0, 0.05) is 44.0 Å². The van der Waals surface area contributed by atoms with E-state index in [0.717, 1.165) is 10.5 Å². The molecule has 3 atom stereocenters. The van der Waals surface area contributed by atoms with Gasteiger partial charge in [0.2, 0.25) is 0 Å². The van der Waals surface area contributed by atoms with Crippen molar-refractivity contribution in [2.24, 2.45) is 0 Å². The van der Waals surface area contributed by atoms with Crippen LogP contribution in [0.25, 0.3) is 0 Å². The first-order valence-electron chi connectivity index (χ1n) is 5.13. The maximum Gasteiger partial charge on any atom is 0.0313 e. The van der Waals surface area contributed by atoms with Crippen molar-refractivity contribution >= 4 is 47.0 Å². The topological polar surface area (TPSA) is 0 Å². The lowest BCUT2D eigenvalue weighted by Gasteiger charge is -2.35. The summed E-state index contributed by atoms with van der Waals surface area (Å²) >= 11 is 8.65. The first kappa shape index (κ1) is 11.9. The van der Waals surface area contributed by atoms with Crippen molar-refractivity contribution in [1.29, 1.82) is 0 Å². The van der Waals surface area contributed by atoms with Gasteiger partial charge in [-0.25, -0.2) is 0 Å². The third kappa shape index (κ3) is 3.76. The van der Waals surface area contributed by atoms with Crippen LogP contribution in [0.1, 0.15) is 13.8 Å². The van der Waals surface area contributed by atoms with E-state index in [9.17, 15) is 0 Å². The highest BCUT2D eigenvalue weighted by Gasteiger charge is 2.31. The van der Waals surface area contributed by atoms with Crippen LogP contribution in [0, 0.1) is 0 Å². The van der Waals surface area contributed by atoms with Crippen LogP contribution in [0.5, 0.6) is 0 Å². The summed E-state index contributed by atoms with van der Waals surface area (Å²) in [5, 5.41) is 1.88. The zero-order chi connectivity index (χ0) is 10.0. The van der Waals surface area contributed by atoms with Gasteiger partial charge in [-0.15, -0.1) is 0 Å². The number of rotatable bonds is 4. The van der Waals surface area contributed by atoms with Crippen molar-refractivity contribution in [2.75, 3.05) is 28.8 Å². The highest BCUT2D eigenvalue weighted by Crippen LogP contribution is 2.41. The number of hydrogen-bond donors (Lipinski definition) is 0. The fourth-order valence-electron chi connectivity index (χ4n) is 1.38. The van der Waals surface area contributed by atoms with Crippen LogP contribution < -0.4 is 0 Å². The Hall–Kier alpha value is 1.40. The van der Waals surface area contributed by atoms with Gasteiger partial charge in [-0.3, -0.25) is 0 Å². The summed E-state index contributed by atoms with van der Waals surface area (Å²) in [6.07, 6.45) is 0. The standard InChI is InChI=1S/C10H18S4/c1-8-3-14-10(2,7-13-8)6-11-4-9-5-12-9/h8-9H,3-7H2,1-2H3. The van der Waals surface area contributed by atoms with Crippen molar-refractivity contribution in [1.82, 2.24) is 0 Å². The van der Waals surface area contributed by atoms with Crippen LogP contribution in [0.4, 0.5) is 0 Å². The van der Waals surface area contributed by atoms with E-state index in [1.165, 1.54) is 28.8 Å². The second kappa shape index (κ2) is 5.15. The Kier molecular flexibility index (Phi) is 4.37. The largest absolute Gasteiger partial charge is 0.159 e. The summed E-state index contributed by atoms with van der Waals surface area (Å²) in [6, 6.07) is 0. The Morgan fingerprint density at radius 2 is 2.14 bits per heavy atom. The molecule has 82 valence electrons. The third-order valence-corrected chi connectivity index (χ3v) is 8.88. The molecular weight excluding hydrogens is 248 g/mol. The molecule has 0 aromatic rings. The molecule has 0 nitrogen and oxygen atoms in total. The Morgan fingerprint density at radius 3 is 2.71 bits per heavy atom. The Bertz CT molecular complexity index is 183. The van der Waals surface area contributed by atoms with Crippen molar-refractivity contribution in [3.05, 3.63) is 0 Å². The zero-order valence-electron chi connectivity index (χ0n) is 8.82. The monoisotopic (exact) mass is 266 g/mol. The molecule has 0 saturated carbocycles. The summed E-state index contributed by atoms with van der Waals surface area (Å²) in [6.45, 7) is 4.80. The highest BCUT2D eigenvalue weighted by atomic mass is 32.2. The second-order valence-electron chi connectivity index (χ2n) is 4.35. The molecule has 4 heteroatoms. The minimum Gasteiger partial charge on any atom is -0.159 e. The molecule has 2 saturated heterocycles. The molecule has 0 aliphatic carbocycles. The lowest BCUT2D eigenvalue weighted by molar-refractivity contribution is 0.814.